The SMILES string of the molecule is C=[C-]c1ccc(Nc2nccn3c(-c4cn[nH]c4C(F)(F)F)cnc23)cc1C.[CH2-]C1([CH2-])CN(C(=O)C2[B]CCC2)C1.[K+]. The summed E-state index contributed by atoms with van der Waals surface area (Å²) in [5.74, 6) is 0.900. The maximum absolute atomic E-state index is 13.2. The van der Waals surface area contributed by atoms with Crippen LogP contribution in [-0.2, 0) is 11.0 Å². The molecule has 2 N–H and O–H groups in total. The van der Waals surface area contributed by atoms with Crippen LogP contribution in [0, 0.1) is 32.3 Å². The molecule has 0 aliphatic carbocycles. The third-order valence-corrected chi connectivity index (χ3v) is 7.16. The molecule has 5 heterocycles. The van der Waals surface area contributed by atoms with Crippen LogP contribution in [0.3, 0.4) is 0 Å². The molecule has 6 rings (SSSR count). The maximum Gasteiger partial charge on any atom is 1.00 e. The Morgan fingerprint density at radius 1 is 1.26 bits per heavy atom. The summed E-state index contributed by atoms with van der Waals surface area (Å²) in [4.78, 5) is 22.2. The van der Waals surface area contributed by atoms with Gasteiger partial charge in [0, 0.05) is 23.9 Å². The summed E-state index contributed by atoms with van der Waals surface area (Å²) in [6, 6.07) is 5.61. The van der Waals surface area contributed by atoms with E-state index in [-0.39, 0.29) is 73.9 Å². The van der Waals surface area contributed by atoms with Gasteiger partial charge in [-0.3, -0.25) is 19.7 Å². The van der Waals surface area contributed by atoms with E-state index in [1.54, 1.807) is 6.20 Å². The molecule has 4 aromatic rings. The molecule has 1 atom stereocenters. The number of hydrogen-bond acceptors (Lipinski definition) is 5. The van der Waals surface area contributed by atoms with Crippen molar-refractivity contribution in [3.05, 3.63) is 86.3 Å². The van der Waals surface area contributed by atoms with E-state index in [9.17, 15) is 18.0 Å². The van der Waals surface area contributed by atoms with E-state index >= 15 is 0 Å². The molecule has 0 spiro atoms. The van der Waals surface area contributed by atoms with E-state index in [4.69, 9.17) is 0 Å². The first-order valence-electron chi connectivity index (χ1n) is 13.1. The molecule has 2 fully saturated rings. The average molecular weight is 599 g/mol. The molecule has 2 saturated heterocycles. The number of nitrogens with one attached hydrogen (secondary N) is 2. The van der Waals surface area contributed by atoms with Crippen molar-refractivity contribution >= 4 is 30.3 Å². The second kappa shape index (κ2) is 13.0. The van der Waals surface area contributed by atoms with Gasteiger partial charge >= 0.3 is 57.6 Å². The molecule has 0 saturated carbocycles. The molecule has 42 heavy (non-hydrogen) atoms. The number of carbonyl (C=O) groups is 1. The summed E-state index contributed by atoms with van der Waals surface area (Å²) in [7, 11) is 2.15. The van der Waals surface area contributed by atoms with E-state index in [0.717, 1.165) is 48.8 Å². The Kier molecular flexibility index (Phi) is 10.1. The fraction of sp³-hybridized carbons (Fsp3) is 0.310. The summed E-state index contributed by atoms with van der Waals surface area (Å²) >= 11 is 0. The zero-order chi connectivity index (χ0) is 29.4. The van der Waals surface area contributed by atoms with Gasteiger partial charge in [-0.2, -0.15) is 42.6 Å². The minimum absolute atomic E-state index is 0. The number of H-pyrrole nitrogens is 1. The first kappa shape index (κ1) is 32.5. The first-order valence-corrected chi connectivity index (χ1v) is 13.1. The van der Waals surface area contributed by atoms with Crippen LogP contribution in [-0.4, -0.2) is 55.7 Å². The fourth-order valence-electron chi connectivity index (χ4n) is 5.13. The molecule has 1 unspecified atom stereocenters. The molecule has 0 bridgehead atoms. The Labute approximate surface area is 286 Å². The Bertz CT molecular complexity index is 1570. The van der Waals surface area contributed by atoms with E-state index in [1.807, 2.05) is 35.1 Å². The number of likely N-dealkylation sites (tertiary alicyclic amines) is 1. The molecule has 8 nitrogen and oxygen atoms in total. The Hall–Kier alpha value is -2.45. The zero-order valence-electron chi connectivity index (χ0n) is 23.6. The van der Waals surface area contributed by atoms with Crippen molar-refractivity contribution in [1.82, 2.24) is 29.5 Å². The second-order valence-corrected chi connectivity index (χ2v) is 10.6. The van der Waals surface area contributed by atoms with Crippen LogP contribution in [0.25, 0.3) is 16.9 Å². The van der Waals surface area contributed by atoms with E-state index < -0.39 is 11.9 Å². The van der Waals surface area contributed by atoms with Crippen LogP contribution >= 0.6 is 0 Å². The van der Waals surface area contributed by atoms with Crippen molar-refractivity contribution in [2.24, 2.45) is 5.41 Å². The minimum atomic E-state index is -4.55. The van der Waals surface area contributed by atoms with E-state index in [0.29, 0.717) is 17.4 Å². The number of hydrogen-bond donors (Lipinski definition) is 2. The molecular weight excluding hydrogens is 569 g/mol. The van der Waals surface area contributed by atoms with Crippen LogP contribution in [0.5, 0.6) is 0 Å². The second-order valence-electron chi connectivity index (χ2n) is 10.6. The quantitative estimate of drug-likeness (QED) is 0.273. The molecule has 2 aliphatic rings. The average Bonchev–Trinajstić information content (AvgIpc) is 3.68. The standard InChI is InChI=1S/C19H14F3N6.C10H15BNO.K/c1-3-12-4-5-13(8-11(12)2)26-17-18-24-10-15(28(18)7-6-23-17)14-9-25-27-16(14)19(20,21)22;1-10(2)6-12(7-10)9(13)8-4-3-5-11-8;/h4-10H,1H2,2H3,(H,23,26)(H,25,27);8H,1-7H2;/q-1;-2;+1. The summed E-state index contributed by atoms with van der Waals surface area (Å²) in [6.07, 6.45) is 7.14. The van der Waals surface area contributed by atoms with Gasteiger partial charge in [0.05, 0.1) is 23.7 Å². The number of aromatic nitrogens is 5. The zero-order valence-corrected chi connectivity index (χ0v) is 26.8. The number of carbonyl (C=O) groups excluding carboxylic acids is 1. The molecule has 1 aromatic carbocycles. The van der Waals surface area contributed by atoms with Crippen LogP contribution < -0.4 is 56.7 Å². The van der Waals surface area contributed by atoms with Crippen LogP contribution in [0.2, 0.25) is 12.1 Å². The summed E-state index contributed by atoms with van der Waals surface area (Å²) in [5.41, 5.74) is 2.14. The fourth-order valence-corrected chi connectivity index (χ4v) is 5.13. The number of amides is 1. The number of anilines is 2. The Morgan fingerprint density at radius 3 is 2.64 bits per heavy atom. The predicted octanol–water partition coefficient (Wildman–Crippen LogP) is 2.72. The third-order valence-electron chi connectivity index (χ3n) is 7.16. The van der Waals surface area contributed by atoms with Crippen molar-refractivity contribution in [3.8, 4) is 11.3 Å². The van der Waals surface area contributed by atoms with Crippen LogP contribution in [0.4, 0.5) is 24.7 Å². The van der Waals surface area contributed by atoms with Gasteiger partial charge in [-0.25, -0.2) is 9.97 Å². The molecule has 1 amide bonds. The van der Waals surface area contributed by atoms with Gasteiger partial charge < -0.3 is 24.1 Å². The van der Waals surface area contributed by atoms with Crippen molar-refractivity contribution in [2.75, 3.05) is 18.4 Å². The minimum Gasteiger partial charge on any atom is -0.363 e. The molecular formula is C29H29BF3KN7O-2. The maximum atomic E-state index is 13.2. The smallest absolute Gasteiger partial charge is 0.363 e. The molecule has 13 heteroatoms. The summed E-state index contributed by atoms with van der Waals surface area (Å²) in [5, 5.41) is 8.71. The van der Waals surface area contributed by atoms with Crippen molar-refractivity contribution < 1.29 is 69.4 Å². The number of aromatic amines is 1. The van der Waals surface area contributed by atoms with Crippen molar-refractivity contribution in [3.63, 3.8) is 0 Å². The van der Waals surface area contributed by atoms with Gasteiger partial charge in [0.25, 0.3) is 0 Å². The normalized spacial score (nSPS) is 17.4. The molecule has 2 aliphatic heterocycles. The van der Waals surface area contributed by atoms with Crippen LogP contribution in [0.15, 0.2) is 49.6 Å². The Morgan fingerprint density at radius 2 is 2.02 bits per heavy atom. The van der Waals surface area contributed by atoms with Crippen molar-refractivity contribution in [2.45, 2.75) is 38.1 Å². The number of alkyl halides is 3. The van der Waals surface area contributed by atoms with Gasteiger partial charge in [0.15, 0.2) is 11.5 Å². The van der Waals surface area contributed by atoms with Gasteiger partial charge in [-0.15, -0.1) is 5.56 Å². The molecule has 3 aromatic heterocycles. The van der Waals surface area contributed by atoms with E-state index in [2.05, 4.69) is 54.2 Å². The largest absolute Gasteiger partial charge is 1.00 e. The number of aryl methyl sites for hydroxylation is 1. The van der Waals surface area contributed by atoms with Gasteiger partial charge in [0.1, 0.15) is 13.0 Å². The van der Waals surface area contributed by atoms with Gasteiger partial charge in [-0.05, 0) is 19.5 Å². The first-order chi connectivity index (χ1) is 19.5. The monoisotopic (exact) mass is 598 g/mol. The Balaban J connectivity index is 0.000000243. The molecule has 213 valence electrons. The number of fused-ring (bicyclic) bond motifs is 1. The van der Waals surface area contributed by atoms with Crippen LogP contribution in [0.1, 0.15) is 29.7 Å². The number of rotatable bonds is 5. The number of imidazole rings is 1. The number of benzene rings is 1. The summed E-state index contributed by atoms with van der Waals surface area (Å²) < 4.78 is 41.2. The topological polar surface area (TPSA) is 91.2 Å². The predicted molar refractivity (Wildman–Crippen MR) is 151 cm³/mol. The van der Waals surface area contributed by atoms with Crippen molar-refractivity contribution in [1.29, 1.82) is 0 Å². The number of nitrogens with zero attached hydrogens (tertiary/aromatic N) is 5. The van der Waals surface area contributed by atoms with Gasteiger partial charge in [0.2, 0.25) is 5.91 Å². The third kappa shape index (κ3) is 7.02. The molecule has 1 radical (unpaired) electrons. The summed E-state index contributed by atoms with van der Waals surface area (Å²) in [6.45, 7) is 14.9. The van der Waals surface area contributed by atoms with Gasteiger partial charge in [-0.1, -0.05) is 31.8 Å². The number of halogens is 3. The van der Waals surface area contributed by atoms with E-state index in [1.165, 1.54) is 23.2 Å².